The van der Waals surface area contributed by atoms with Gasteiger partial charge in [-0.1, -0.05) is 24.3 Å². The van der Waals surface area contributed by atoms with Gasteiger partial charge in [-0.05, 0) is 79.1 Å². The van der Waals surface area contributed by atoms with Crippen LogP contribution in [0.5, 0.6) is 11.5 Å². The maximum atomic E-state index is 9.69. The highest BCUT2D eigenvalue weighted by Gasteiger charge is 2.17. The highest BCUT2D eigenvalue weighted by Crippen LogP contribution is 2.37. The number of hydrogen-bond donors (Lipinski definition) is 2. The van der Waals surface area contributed by atoms with E-state index in [1.165, 1.54) is 16.7 Å². The van der Waals surface area contributed by atoms with Crippen molar-refractivity contribution >= 4 is 5.57 Å². The fraction of sp³-hybridized carbons (Fsp3) is 0.300. The molecule has 2 nitrogen and oxygen atoms in total. The third-order valence-corrected chi connectivity index (χ3v) is 4.58. The van der Waals surface area contributed by atoms with Gasteiger partial charge in [0.1, 0.15) is 11.5 Å². The zero-order valence-corrected chi connectivity index (χ0v) is 13.1. The molecule has 0 saturated carbocycles. The molecular formula is C20H22O2. The Bertz CT molecular complexity index is 728. The molecular weight excluding hydrogens is 272 g/mol. The summed E-state index contributed by atoms with van der Waals surface area (Å²) in [4.78, 5) is 0. The Labute approximate surface area is 131 Å². The Morgan fingerprint density at radius 1 is 0.909 bits per heavy atom. The van der Waals surface area contributed by atoms with E-state index in [0.29, 0.717) is 17.4 Å². The summed E-state index contributed by atoms with van der Waals surface area (Å²) in [6.07, 6.45) is 5.74. The van der Waals surface area contributed by atoms with Crippen molar-refractivity contribution in [2.75, 3.05) is 0 Å². The second-order valence-corrected chi connectivity index (χ2v) is 6.24. The van der Waals surface area contributed by atoms with Gasteiger partial charge in [0.15, 0.2) is 0 Å². The lowest BCUT2D eigenvalue weighted by Gasteiger charge is -2.22. The molecule has 1 aliphatic carbocycles. The van der Waals surface area contributed by atoms with Gasteiger partial charge in [-0.15, -0.1) is 0 Å². The fourth-order valence-electron chi connectivity index (χ4n) is 3.19. The Morgan fingerprint density at radius 2 is 1.59 bits per heavy atom. The van der Waals surface area contributed by atoms with Crippen molar-refractivity contribution in [2.45, 2.75) is 39.0 Å². The molecule has 0 fully saturated rings. The predicted molar refractivity (Wildman–Crippen MR) is 90.3 cm³/mol. The second kappa shape index (κ2) is 5.88. The molecule has 0 amide bonds. The van der Waals surface area contributed by atoms with Gasteiger partial charge in [-0.25, -0.2) is 0 Å². The normalized spacial score (nSPS) is 18.1. The summed E-state index contributed by atoms with van der Waals surface area (Å²) in [7, 11) is 0. The maximum Gasteiger partial charge on any atom is 0.118 e. The molecule has 1 atom stereocenters. The molecule has 0 bridgehead atoms. The lowest BCUT2D eigenvalue weighted by atomic mass is 9.83. The van der Waals surface area contributed by atoms with Crippen molar-refractivity contribution in [3.05, 3.63) is 64.7 Å². The zero-order chi connectivity index (χ0) is 15.7. The van der Waals surface area contributed by atoms with E-state index in [-0.39, 0.29) is 0 Å². The third-order valence-electron chi connectivity index (χ3n) is 4.58. The Morgan fingerprint density at radius 3 is 2.27 bits per heavy atom. The van der Waals surface area contributed by atoms with Crippen LogP contribution in [0.25, 0.3) is 5.57 Å². The van der Waals surface area contributed by atoms with E-state index in [4.69, 9.17) is 0 Å². The molecule has 114 valence electrons. The molecule has 0 aliphatic heterocycles. The van der Waals surface area contributed by atoms with Crippen LogP contribution >= 0.6 is 0 Å². The van der Waals surface area contributed by atoms with Gasteiger partial charge in [0, 0.05) is 5.92 Å². The van der Waals surface area contributed by atoms with E-state index in [1.54, 1.807) is 12.1 Å². The van der Waals surface area contributed by atoms with Crippen LogP contribution < -0.4 is 0 Å². The molecule has 0 radical (unpaired) electrons. The first-order valence-corrected chi connectivity index (χ1v) is 7.85. The van der Waals surface area contributed by atoms with E-state index in [1.807, 2.05) is 26.0 Å². The minimum Gasteiger partial charge on any atom is -0.508 e. The fourth-order valence-corrected chi connectivity index (χ4v) is 3.19. The van der Waals surface area contributed by atoms with E-state index < -0.39 is 0 Å². The monoisotopic (exact) mass is 294 g/mol. The average molecular weight is 294 g/mol. The second-order valence-electron chi connectivity index (χ2n) is 6.24. The number of phenolic OH excluding ortho intramolecular Hbond substituents is 2. The van der Waals surface area contributed by atoms with Crippen LogP contribution in [0.4, 0.5) is 0 Å². The first-order valence-electron chi connectivity index (χ1n) is 7.85. The summed E-state index contributed by atoms with van der Waals surface area (Å²) in [6.45, 7) is 3.87. The Hall–Kier alpha value is -2.22. The summed E-state index contributed by atoms with van der Waals surface area (Å²) in [6, 6.07) is 11.7. The van der Waals surface area contributed by atoms with E-state index in [2.05, 4.69) is 18.2 Å². The Balaban J connectivity index is 1.94. The van der Waals surface area contributed by atoms with Gasteiger partial charge in [0.2, 0.25) is 0 Å². The molecule has 0 spiro atoms. The summed E-state index contributed by atoms with van der Waals surface area (Å²) in [5.74, 6) is 1.11. The SMILES string of the molecule is Cc1cc(C2=CC(c3ccc(O)c(C)c3)CCC2)ccc1O. The smallest absolute Gasteiger partial charge is 0.118 e. The first-order chi connectivity index (χ1) is 10.5. The van der Waals surface area contributed by atoms with Gasteiger partial charge < -0.3 is 10.2 Å². The molecule has 3 rings (SSSR count). The van der Waals surface area contributed by atoms with Gasteiger partial charge in [0.25, 0.3) is 0 Å². The topological polar surface area (TPSA) is 40.5 Å². The van der Waals surface area contributed by atoms with Crippen LogP contribution in [-0.4, -0.2) is 10.2 Å². The molecule has 22 heavy (non-hydrogen) atoms. The highest BCUT2D eigenvalue weighted by atomic mass is 16.3. The maximum absolute atomic E-state index is 9.69. The number of aryl methyl sites for hydroxylation is 2. The molecule has 2 aromatic carbocycles. The van der Waals surface area contributed by atoms with Crippen molar-refractivity contribution in [1.82, 2.24) is 0 Å². The van der Waals surface area contributed by atoms with E-state index in [0.717, 1.165) is 30.4 Å². The molecule has 2 N–H and O–H groups in total. The Kier molecular flexibility index (Phi) is 3.93. The molecule has 0 heterocycles. The van der Waals surface area contributed by atoms with E-state index in [9.17, 15) is 10.2 Å². The lowest BCUT2D eigenvalue weighted by Crippen LogP contribution is -2.03. The number of benzene rings is 2. The van der Waals surface area contributed by atoms with Crippen LogP contribution in [0.1, 0.15) is 47.4 Å². The number of phenols is 2. The minimum atomic E-state index is 0.353. The lowest BCUT2D eigenvalue weighted by molar-refractivity contribution is 0.470. The molecule has 0 aromatic heterocycles. The standard InChI is InChI=1S/C20H22O2/c1-13-10-17(6-8-19(13)21)15-4-3-5-16(12-15)18-7-9-20(22)14(2)11-18/h6-12,15,21-22H,3-5H2,1-2H3. The number of hydrogen-bond acceptors (Lipinski definition) is 2. The largest absolute Gasteiger partial charge is 0.508 e. The number of rotatable bonds is 2. The summed E-state index contributed by atoms with van der Waals surface area (Å²) in [5, 5.41) is 19.4. The third kappa shape index (κ3) is 2.87. The highest BCUT2D eigenvalue weighted by molar-refractivity contribution is 5.68. The quantitative estimate of drug-likeness (QED) is 0.812. The first kappa shape index (κ1) is 14.7. The summed E-state index contributed by atoms with van der Waals surface area (Å²) >= 11 is 0. The zero-order valence-electron chi connectivity index (χ0n) is 13.1. The summed E-state index contributed by atoms with van der Waals surface area (Å²) < 4.78 is 0. The van der Waals surface area contributed by atoms with Gasteiger partial charge >= 0.3 is 0 Å². The number of allylic oxidation sites excluding steroid dienone is 2. The molecule has 1 unspecified atom stereocenters. The van der Waals surface area contributed by atoms with Gasteiger partial charge in [0.05, 0.1) is 0 Å². The van der Waals surface area contributed by atoms with Crippen LogP contribution in [0.3, 0.4) is 0 Å². The number of aromatic hydroxyl groups is 2. The molecule has 1 aliphatic rings. The van der Waals surface area contributed by atoms with Crippen molar-refractivity contribution in [2.24, 2.45) is 0 Å². The van der Waals surface area contributed by atoms with Crippen LogP contribution in [0.15, 0.2) is 42.5 Å². The van der Waals surface area contributed by atoms with Crippen LogP contribution in [0.2, 0.25) is 0 Å². The van der Waals surface area contributed by atoms with Crippen LogP contribution in [-0.2, 0) is 0 Å². The van der Waals surface area contributed by atoms with Crippen molar-refractivity contribution in [3.63, 3.8) is 0 Å². The van der Waals surface area contributed by atoms with Crippen molar-refractivity contribution in [1.29, 1.82) is 0 Å². The van der Waals surface area contributed by atoms with E-state index >= 15 is 0 Å². The van der Waals surface area contributed by atoms with Crippen molar-refractivity contribution < 1.29 is 10.2 Å². The average Bonchev–Trinajstić information content (AvgIpc) is 2.53. The molecule has 0 saturated heterocycles. The summed E-state index contributed by atoms with van der Waals surface area (Å²) in [5.41, 5.74) is 5.67. The predicted octanol–water partition coefficient (Wildman–Crippen LogP) is 5.07. The minimum absolute atomic E-state index is 0.353. The van der Waals surface area contributed by atoms with Crippen molar-refractivity contribution in [3.8, 4) is 11.5 Å². The molecule has 2 aromatic rings. The van der Waals surface area contributed by atoms with Gasteiger partial charge in [-0.3, -0.25) is 0 Å². The van der Waals surface area contributed by atoms with Crippen LogP contribution in [0, 0.1) is 13.8 Å². The van der Waals surface area contributed by atoms with Gasteiger partial charge in [-0.2, -0.15) is 0 Å². The molecule has 2 heteroatoms.